The smallest absolute Gasteiger partial charge is 0.159 e. The van der Waals surface area contributed by atoms with E-state index in [4.69, 9.17) is 14.2 Å². The van der Waals surface area contributed by atoms with Crippen LogP contribution in [-0.2, 0) is 14.2 Å². The summed E-state index contributed by atoms with van der Waals surface area (Å²) in [6.45, 7) is 5.75. The van der Waals surface area contributed by atoms with Gasteiger partial charge < -0.3 is 19.5 Å². The Balaban J connectivity index is 1.63. The highest BCUT2D eigenvalue weighted by molar-refractivity contribution is 4.72. The van der Waals surface area contributed by atoms with Crippen LogP contribution in [0, 0.1) is 0 Å². The predicted molar refractivity (Wildman–Crippen MR) is 75.2 cm³/mol. The average Bonchev–Trinajstić information content (AvgIpc) is 3.08. The fraction of sp³-hybridized carbons (Fsp3) is 1.00. The largest absolute Gasteiger partial charge is 0.378 e. The van der Waals surface area contributed by atoms with E-state index in [1.807, 2.05) is 0 Å². The van der Waals surface area contributed by atoms with Crippen molar-refractivity contribution < 1.29 is 14.2 Å². The lowest BCUT2D eigenvalue weighted by Crippen LogP contribution is -2.33. The summed E-state index contributed by atoms with van der Waals surface area (Å²) in [5.74, 6) is 0. The number of rotatable bonds is 9. The third-order valence-electron chi connectivity index (χ3n) is 3.95. The molecule has 4 nitrogen and oxygen atoms in total. The zero-order valence-electron chi connectivity index (χ0n) is 12.2. The van der Waals surface area contributed by atoms with Crippen molar-refractivity contribution in [2.75, 3.05) is 26.4 Å². The summed E-state index contributed by atoms with van der Waals surface area (Å²) >= 11 is 0. The zero-order chi connectivity index (χ0) is 13.3. The molecule has 1 N–H and O–H groups in total. The minimum Gasteiger partial charge on any atom is -0.378 e. The summed E-state index contributed by atoms with van der Waals surface area (Å²) in [6.07, 6.45) is 8.81. The second-order valence-electron chi connectivity index (χ2n) is 5.62. The van der Waals surface area contributed by atoms with Crippen LogP contribution in [0.3, 0.4) is 0 Å². The summed E-state index contributed by atoms with van der Waals surface area (Å²) in [4.78, 5) is 0. The maximum Gasteiger partial charge on any atom is 0.159 e. The minimum absolute atomic E-state index is 0.0112. The van der Waals surface area contributed by atoms with Crippen molar-refractivity contribution in [1.82, 2.24) is 5.32 Å². The fourth-order valence-electron chi connectivity index (χ4n) is 2.89. The molecule has 2 rings (SSSR count). The molecule has 0 aromatic heterocycles. The van der Waals surface area contributed by atoms with Gasteiger partial charge in [-0.25, -0.2) is 0 Å². The van der Waals surface area contributed by atoms with Gasteiger partial charge in [0.05, 0.1) is 19.3 Å². The van der Waals surface area contributed by atoms with Crippen molar-refractivity contribution in [3.63, 3.8) is 0 Å². The first-order valence-electron chi connectivity index (χ1n) is 7.96. The molecule has 2 saturated heterocycles. The molecule has 0 amide bonds. The van der Waals surface area contributed by atoms with E-state index in [2.05, 4.69) is 12.2 Å². The molecule has 2 heterocycles. The molecule has 2 aliphatic rings. The van der Waals surface area contributed by atoms with Crippen molar-refractivity contribution >= 4 is 0 Å². The maximum absolute atomic E-state index is 5.68. The van der Waals surface area contributed by atoms with Crippen LogP contribution < -0.4 is 5.32 Å². The van der Waals surface area contributed by atoms with Gasteiger partial charge in [-0.05, 0) is 45.1 Å². The van der Waals surface area contributed by atoms with Crippen molar-refractivity contribution in [3.05, 3.63) is 0 Å². The van der Waals surface area contributed by atoms with Gasteiger partial charge in [-0.1, -0.05) is 6.92 Å². The Morgan fingerprint density at radius 3 is 2.68 bits per heavy atom. The highest BCUT2D eigenvalue weighted by Gasteiger charge is 2.22. The van der Waals surface area contributed by atoms with E-state index in [1.54, 1.807) is 0 Å². The Hall–Kier alpha value is -0.160. The Kier molecular flexibility index (Phi) is 7.14. The summed E-state index contributed by atoms with van der Waals surface area (Å²) in [6, 6.07) is 0.518. The van der Waals surface area contributed by atoms with Crippen LogP contribution in [0.15, 0.2) is 0 Å². The van der Waals surface area contributed by atoms with Crippen LogP contribution in [0.25, 0.3) is 0 Å². The lowest BCUT2D eigenvalue weighted by molar-refractivity contribution is -0.0534. The lowest BCUT2D eigenvalue weighted by Gasteiger charge is -2.21. The molecule has 4 heteroatoms. The van der Waals surface area contributed by atoms with E-state index in [0.29, 0.717) is 12.1 Å². The van der Waals surface area contributed by atoms with E-state index in [0.717, 1.165) is 32.8 Å². The van der Waals surface area contributed by atoms with Crippen molar-refractivity contribution in [2.24, 2.45) is 0 Å². The van der Waals surface area contributed by atoms with Crippen molar-refractivity contribution in [3.8, 4) is 0 Å². The molecule has 0 aromatic rings. The molecule has 2 unspecified atom stereocenters. The fourth-order valence-corrected chi connectivity index (χ4v) is 2.89. The van der Waals surface area contributed by atoms with Crippen LogP contribution in [-0.4, -0.2) is 44.8 Å². The highest BCUT2D eigenvalue weighted by Crippen LogP contribution is 2.20. The summed E-state index contributed by atoms with van der Waals surface area (Å²) in [7, 11) is 0. The van der Waals surface area contributed by atoms with E-state index in [1.165, 1.54) is 38.5 Å². The third-order valence-corrected chi connectivity index (χ3v) is 3.95. The molecule has 0 aliphatic carbocycles. The third kappa shape index (κ3) is 5.78. The molecule has 0 aromatic carbocycles. The molecule has 0 spiro atoms. The first kappa shape index (κ1) is 15.2. The van der Waals surface area contributed by atoms with E-state index in [-0.39, 0.29) is 6.29 Å². The van der Waals surface area contributed by atoms with Gasteiger partial charge in [0, 0.05) is 19.1 Å². The average molecular weight is 271 g/mol. The molecule has 19 heavy (non-hydrogen) atoms. The van der Waals surface area contributed by atoms with Crippen LogP contribution in [0.5, 0.6) is 0 Å². The zero-order valence-corrected chi connectivity index (χ0v) is 12.2. The van der Waals surface area contributed by atoms with Gasteiger partial charge in [-0.15, -0.1) is 0 Å². The molecule has 0 bridgehead atoms. The molecule has 2 atom stereocenters. The lowest BCUT2D eigenvalue weighted by atomic mass is 10.0. The highest BCUT2D eigenvalue weighted by atomic mass is 16.7. The van der Waals surface area contributed by atoms with Gasteiger partial charge in [0.1, 0.15) is 0 Å². The summed E-state index contributed by atoms with van der Waals surface area (Å²) < 4.78 is 16.8. The second-order valence-corrected chi connectivity index (χ2v) is 5.62. The first-order valence-corrected chi connectivity index (χ1v) is 7.96. The van der Waals surface area contributed by atoms with Crippen molar-refractivity contribution in [2.45, 2.75) is 70.3 Å². The number of ether oxygens (including phenoxy) is 3. The molecule has 0 radical (unpaired) electrons. The summed E-state index contributed by atoms with van der Waals surface area (Å²) in [5, 5.41) is 3.62. The van der Waals surface area contributed by atoms with Gasteiger partial charge in [-0.3, -0.25) is 0 Å². The topological polar surface area (TPSA) is 39.7 Å². The molecule has 2 fully saturated rings. The maximum atomic E-state index is 5.68. The Morgan fingerprint density at radius 1 is 1.16 bits per heavy atom. The molecule has 2 aliphatic heterocycles. The minimum atomic E-state index is 0.0112. The molecule has 0 saturated carbocycles. The Morgan fingerprint density at radius 2 is 2.00 bits per heavy atom. The molecule has 112 valence electrons. The van der Waals surface area contributed by atoms with Crippen LogP contribution in [0.1, 0.15) is 51.9 Å². The predicted octanol–water partition coefficient (Wildman–Crippen LogP) is 2.47. The van der Waals surface area contributed by atoms with Crippen LogP contribution in [0.4, 0.5) is 0 Å². The second kappa shape index (κ2) is 8.90. The van der Waals surface area contributed by atoms with Crippen LogP contribution >= 0.6 is 0 Å². The number of nitrogens with one attached hydrogen (secondary N) is 1. The quantitative estimate of drug-likeness (QED) is 0.699. The molecular formula is C15H29NO3. The first-order chi connectivity index (χ1) is 9.38. The number of hydrogen-bond acceptors (Lipinski definition) is 4. The van der Waals surface area contributed by atoms with Gasteiger partial charge in [0.2, 0.25) is 0 Å². The van der Waals surface area contributed by atoms with Gasteiger partial charge in [0.15, 0.2) is 6.29 Å². The van der Waals surface area contributed by atoms with E-state index < -0.39 is 0 Å². The normalized spacial score (nSPS) is 26.1. The van der Waals surface area contributed by atoms with Gasteiger partial charge >= 0.3 is 0 Å². The van der Waals surface area contributed by atoms with E-state index in [9.17, 15) is 0 Å². The van der Waals surface area contributed by atoms with Crippen LogP contribution in [0.2, 0.25) is 0 Å². The SMILES string of the molecule is CCCNC(CCCC1CCCO1)CC1OCCO1. The van der Waals surface area contributed by atoms with Gasteiger partial charge in [-0.2, -0.15) is 0 Å². The summed E-state index contributed by atoms with van der Waals surface area (Å²) in [5.41, 5.74) is 0. The molecular weight excluding hydrogens is 242 g/mol. The monoisotopic (exact) mass is 271 g/mol. The van der Waals surface area contributed by atoms with Crippen molar-refractivity contribution in [1.29, 1.82) is 0 Å². The number of hydrogen-bond donors (Lipinski definition) is 1. The van der Waals surface area contributed by atoms with Gasteiger partial charge in [0.25, 0.3) is 0 Å². The van der Waals surface area contributed by atoms with E-state index >= 15 is 0 Å². The Bertz CT molecular complexity index is 225. The Labute approximate surface area is 117 Å². The standard InChI is InChI=1S/C15H29NO3/c1-2-8-16-13(12-15-18-10-11-19-15)5-3-6-14-7-4-9-17-14/h13-16H,2-12H2,1H3.